The van der Waals surface area contributed by atoms with E-state index in [1.807, 2.05) is 25.3 Å². The minimum absolute atomic E-state index is 0.0463. The Hall–Kier alpha value is -3.03. The number of hydrogen-bond acceptors (Lipinski definition) is 5. The number of pyridine rings is 2. The van der Waals surface area contributed by atoms with E-state index in [2.05, 4.69) is 19.9 Å². The van der Waals surface area contributed by atoms with Crippen LogP contribution in [0.15, 0.2) is 43.0 Å². The maximum atomic E-state index is 13.4. The molecule has 2 unspecified atom stereocenters. The molecule has 1 aliphatic carbocycles. The summed E-state index contributed by atoms with van der Waals surface area (Å²) in [5.41, 5.74) is 1.43. The first-order valence-corrected chi connectivity index (χ1v) is 9.23. The van der Waals surface area contributed by atoms with E-state index in [1.165, 1.54) is 18.5 Å². The largest absolute Gasteiger partial charge is 0.477 e. The van der Waals surface area contributed by atoms with Crippen LogP contribution in [-0.2, 0) is 6.18 Å². The molecule has 3 heterocycles. The molecule has 3 aromatic heterocycles. The average molecular weight is 400 g/mol. The van der Waals surface area contributed by atoms with Crippen molar-refractivity contribution in [1.82, 2.24) is 19.9 Å². The zero-order chi connectivity index (χ0) is 20.6. The monoisotopic (exact) mass is 400 g/mol. The highest BCUT2D eigenvalue weighted by molar-refractivity contribution is 5.71. The van der Waals surface area contributed by atoms with Crippen LogP contribution >= 0.6 is 0 Å². The van der Waals surface area contributed by atoms with Crippen molar-refractivity contribution in [2.24, 2.45) is 5.92 Å². The van der Waals surface area contributed by atoms with Gasteiger partial charge >= 0.3 is 6.18 Å². The molecule has 0 bridgehead atoms. The summed E-state index contributed by atoms with van der Waals surface area (Å²) in [5, 5.41) is 0. The van der Waals surface area contributed by atoms with Crippen molar-refractivity contribution in [3.8, 4) is 17.0 Å². The van der Waals surface area contributed by atoms with Crippen molar-refractivity contribution in [3.63, 3.8) is 0 Å². The van der Waals surface area contributed by atoms with Crippen LogP contribution in [0, 0.1) is 19.8 Å². The van der Waals surface area contributed by atoms with E-state index in [0.29, 0.717) is 18.3 Å². The van der Waals surface area contributed by atoms with Crippen LogP contribution in [-0.4, -0.2) is 26.5 Å². The van der Waals surface area contributed by atoms with Crippen molar-refractivity contribution < 1.29 is 17.9 Å². The van der Waals surface area contributed by atoms with E-state index >= 15 is 0 Å². The molecule has 1 aliphatic rings. The highest BCUT2D eigenvalue weighted by atomic mass is 19.4. The molecule has 8 heteroatoms. The second-order valence-corrected chi connectivity index (χ2v) is 7.23. The average Bonchev–Trinajstić information content (AvgIpc) is 3.46. The third-order valence-corrected chi connectivity index (χ3v) is 4.96. The van der Waals surface area contributed by atoms with Crippen LogP contribution in [0.2, 0.25) is 0 Å². The molecule has 5 nitrogen and oxygen atoms in total. The first kappa shape index (κ1) is 19.3. The lowest BCUT2D eigenvalue weighted by atomic mass is 10.0. The van der Waals surface area contributed by atoms with Crippen molar-refractivity contribution >= 4 is 0 Å². The molecule has 4 rings (SSSR count). The molecule has 0 N–H and O–H groups in total. The van der Waals surface area contributed by atoms with Crippen LogP contribution in [0.25, 0.3) is 11.1 Å². The van der Waals surface area contributed by atoms with Gasteiger partial charge in [-0.15, -0.1) is 0 Å². The SMILES string of the molecule is Cc1ccc(C2CC2COc2nc(C)ncc2-c2ccncc2C(F)(F)F)nc1. The van der Waals surface area contributed by atoms with Gasteiger partial charge in [0.2, 0.25) is 5.88 Å². The standard InChI is InChI=1S/C21H19F3N4O/c1-12-3-4-19(27-8-12)16-7-14(16)11-29-20-17(9-26-13(2)28-20)15-5-6-25-10-18(15)21(22,23)24/h3-6,8-10,14,16H,7,11H2,1-2H3. The van der Waals surface area contributed by atoms with Crippen LogP contribution in [0.3, 0.4) is 0 Å². The van der Waals surface area contributed by atoms with E-state index in [1.54, 1.807) is 6.92 Å². The van der Waals surface area contributed by atoms with Crippen LogP contribution in [0.5, 0.6) is 5.88 Å². The maximum Gasteiger partial charge on any atom is 0.418 e. The normalized spacial score (nSPS) is 18.5. The number of ether oxygens (including phenoxy) is 1. The minimum atomic E-state index is -4.54. The van der Waals surface area contributed by atoms with Gasteiger partial charge in [0.25, 0.3) is 0 Å². The van der Waals surface area contributed by atoms with Gasteiger partial charge in [0, 0.05) is 47.9 Å². The van der Waals surface area contributed by atoms with Gasteiger partial charge in [-0.3, -0.25) is 9.97 Å². The van der Waals surface area contributed by atoms with E-state index in [0.717, 1.165) is 23.9 Å². The lowest BCUT2D eigenvalue weighted by Crippen LogP contribution is -2.10. The molecule has 0 aromatic carbocycles. The summed E-state index contributed by atoms with van der Waals surface area (Å²) in [4.78, 5) is 16.4. The fourth-order valence-corrected chi connectivity index (χ4v) is 3.28. The first-order valence-electron chi connectivity index (χ1n) is 9.23. The molecule has 150 valence electrons. The number of rotatable bonds is 5. The predicted molar refractivity (Wildman–Crippen MR) is 100 cm³/mol. The summed E-state index contributed by atoms with van der Waals surface area (Å²) in [6, 6.07) is 5.33. The summed E-state index contributed by atoms with van der Waals surface area (Å²) in [5.74, 6) is 1.14. The second-order valence-electron chi connectivity index (χ2n) is 7.23. The Morgan fingerprint density at radius 1 is 1.03 bits per heavy atom. The Labute approximate surface area is 166 Å². The molecule has 2 atom stereocenters. The van der Waals surface area contributed by atoms with Crippen LogP contribution in [0.1, 0.15) is 35.0 Å². The van der Waals surface area contributed by atoms with Crippen molar-refractivity contribution in [2.75, 3.05) is 6.61 Å². The molecule has 0 amide bonds. The Balaban J connectivity index is 1.55. The van der Waals surface area contributed by atoms with Gasteiger partial charge in [-0.1, -0.05) is 6.07 Å². The van der Waals surface area contributed by atoms with Gasteiger partial charge in [-0.25, -0.2) is 4.98 Å². The fraction of sp³-hybridized carbons (Fsp3) is 0.333. The first-order chi connectivity index (χ1) is 13.8. The Morgan fingerprint density at radius 3 is 2.59 bits per heavy atom. The number of aryl methyl sites for hydroxylation is 2. The highest BCUT2D eigenvalue weighted by Gasteiger charge is 2.40. The van der Waals surface area contributed by atoms with Crippen molar-refractivity contribution in [3.05, 3.63) is 65.6 Å². The van der Waals surface area contributed by atoms with Crippen LogP contribution < -0.4 is 4.74 Å². The molecule has 1 saturated carbocycles. The van der Waals surface area contributed by atoms with E-state index in [-0.39, 0.29) is 22.9 Å². The zero-order valence-electron chi connectivity index (χ0n) is 15.9. The minimum Gasteiger partial charge on any atom is -0.477 e. The summed E-state index contributed by atoms with van der Waals surface area (Å²) < 4.78 is 46.1. The molecule has 0 spiro atoms. The second kappa shape index (κ2) is 7.42. The summed E-state index contributed by atoms with van der Waals surface area (Å²) in [6.07, 6.45) is 1.71. The van der Waals surface area contributed by atoms with E-state index in [9.17, 15) is 13.2 Å². The van der Waals surface area contributed by atoms with Crippen LogP contribution in [0.4, 0.5) is 13.2 Å². The zero-order valence-corrected chi connectivity index (χ0v) is 15.9. The van der Waals surface area contributed by atoms with E-state index < -0.39 is 11.7 Å². The number of hydrogen-bond donors (Lipinski definition) is 0. The molecule has 29 heavy (non-hydrogen) atoms. The number of aromatic nitrogens is 4. The quantitative estimate of drug-likeness (QED) is 0.618. The molecular formula is C21H19F3N4O. The van der Waals surface area contributed by atoms with Crippen molar-refractivity contribution in [1.29, 1.82) is 0 Å². The molecular weight excluding hydrogens is 381 g/mol. The molecule has 0 saturated heterocycles. The maximum absolute atomic E-state index is 13.4. The fourth-order valence-electron chi connectivity index (χ4n) is 3.28. The van der Waals surface area contributed by atoms with Gasteiger partial charge in [0.1, 0.15) is 5.82 Å². The summed E-state index contributed by atoms with van der Waals surface area (Å²) in [6.45, 7) is 4.01. The van der Waals surface area contributed by atoms with Gasteiger partial charge in [0.15, 0.2) is 0 Å². The van der Waals surface area contributed by atoms with Gasteiger partial charge < -0.3 is 4.74 Å². The Morgan fingerprint density at radius 2 is 1.86 bits per heavy atom. The lowest BCUT2D eigenvalue weighted by molar-refractivity contribution is -0.137. The predicted octanol–water partition coefficient (Wildman–Crippen LogP) is 4.75. The van der Waals surface area contributed by atoms with Crippen molar-refractivity contribution in [2.45, 2.75) is 32.4 Å². The van der Waals surface area contributed by atoms with Gasteiger partial charge in [-0.2, -0.15) is 18.2 Å². The molecule has 3 aromatic rings. The third kappa shape index (κ3) is 4.21. The Bertz CT molecular complexity index is 1020. The summed E-state index contributed by atoms with van der Waals surface area (Å²) >= 11 is 0. The number of halogens is 3. The van der Waals surface area contributed by atoms with E-state index in [4.69, 9.17) is 4.74 Å². The lowest BCUT2D eigenvalue weighted by Gasteiger charge is -2.15. The molecule has 0 aliphatic heterocycles. The third-order valence-electron chi connectivity index (χ3n) is 4.96. The van der Waals surface area contributed by atoms with Gasteiger partial charge in [-0.05, 0) is 38.0 Å². The molecule has 1 fully saturated rings. The number of nitrogens with zero attached hydrogens (tertiary/aromatic N) is 4. The number of alkyl halides is 3. The molecule has 0 radical (unpaired) electrons. The van der Waals surface area contributed by atoms with Gasteiger partial charge in [0.05, 0.1) is 17.7 Å². The Kier molecular flexibility index (Phi) is 4.94. The smallest absolute Gasteiger partial charge is 0.418 e. The topological polar surface area (TPSA) is 60.8 Å². The highest BCUT2D eigenvalue weighted by Crippen LogP contribution is 2.47. The summed E-state index contributed by atoms with van der Waals surface area (Å²) in [7, 11) is 0.